The summed E-state index contributed by atoms with van der Waals surface area (Å²) in [7, 11) is 2.01. The van der Waals surface area contributed by atoms with E-state index >= 15 is 0 Å². The first-order chi connectivity index (χ1) is 13.1. The third-order valence-electron chi connectivity index (χ3n) is 5.28. The predicted octanol–water partition coefficient (Wildman–Crippen LogP) is 3.26. The molecule has 0 radical (unpaired) electrons. The number of pyridine rings is 1. The van der Waals surface area contributed by atoms with Crippen LogP contribution in [-0.2, 0) is 6.42 Å². The molecule has 1 amide bonds. The summed E-state index contributed by atoms with van der Waals surface area (Å²) in [6.45, 7) is 5.65. The molecule has 144 valence electrons. The smallest absolute Gasteiger partial charge is 0.272 e. The van der Waals surface area contributed by atoms with Gasteiger partial charge in [-0.1, -0.05) is 6.92 Å². The zero-order valence-corrected chi connectivity index (χ0v) is 16.6. The van der Waals surface area contributed by atoms with Crippen LogP contribution < -0.4 is 4.90 Å². The van der Waals surface area contributed by atoms with Crippen LogP contribution in [0.2, 0.25) is 0 Å². The van der Waals surface area contributed by atoms with E-state index in [9.17, 15) is 4.79 Å². The van der Waals surface area contributed by atoms with E-state index in [2.05, 4.69) is 26.8 Å². The first kappa shape index (κ1) is 19.3. The minimum absolute atomic E-state index is 0.0378. The summed E-state index contributed by atoms with van der Waals surface area (Å²) in [6.07, 6.45) is 8.88. The van der Waals surface area contributed by atoms with Crippen LogP contribution in [0.5, 0.6) is 0 Å². The highest BCUT2D eigenvalue weighted by Crippen LogP contribution is 2.22. The van der Waals surface area contributed by atoms with Gasteiger partial charge in [-0.2, -0.15) is 0 Å². The number of likely N-dealkylation sites (N-methyl/N-ethyl adjacent to an activating group) is 1. The topological polar surface area (TPSA) is 62.2 Å². The zero-order chi connectivity index (χ0) is 19.2. The van der Waals surface area contributed by atoms with Crippen LogP contribution in [0.1, 0.15) is 54.5 Å². The molecule has 1 aliphatic heterocycles. The van der Waals surface area contributed by atoms with Gasteiger partial charge in [-0.15, -0.1) is 0 Å². The second-order valence-corrected chi connectivity index (χ2v) is 7.24. The van der Waals surface area contributed by atoms with Crippen molar-refractivity contribution in [3.63, 3.8) is 0 Å². The van der Waals surface area contributed by atoms with E-state index in [1.165, 1.54) is 12.0 Å². The molecular formula is C21H29N5O. The lowest BCUT2D eigenvalue weighted by Crippen LogP contribution is -2.43. The molecule has 0 saturated carbocycles. The van der Waals surface area contributed by atoms with E-state index in [4.69, 9.17) is 0 Å². The van der Waals surface area contributed by atoms with Crippen molar-refractivity contribution in [3.05, 3.63) is 47.7 Å². The zero-order valence-electron chi connectivity index (χ0n) is 16.6. The quantitative estimate of drug-likeness (QED) is 0.784. The van der Waals surface area contributed by atoms with Gasteiger partial charge in [0.25, 0.3) is 5.91 Å². The standard InChI is InChI=1S/C21H29N5O/c1-4-18-7-5-6-13-26(18)21(27)19-15-20(24-16(2)23-19)25(3)14-10-17-8-11-22-12-9-17/h8-9,11-12,15,18H,4-7,10,13-14H2,1-3H3. The Bertz CT molecular complexity index is 764. The molecule has 3 rings (SSSR count). The number of hydrogen-bond acceptors (Lipinski definition) is 5. The largest absolute Gasteiger partial charge is 0.359 e. The maximum absolute atomic E-state index is 13.1. The lowest BCUT2D eigenvalue weighted by atomic mass is 9.99. The number of carbonyl (C=O) groups is 1. The van der Waals surface area contributed by atoms with Gasteiger partial charge in [0, 0.05) is 44.6 Å². The summed E-state index contributed by atoms with van der Waals surface area (Å²) >= 11 is 0. The fraction of sp³-hybridized carbons (Fsp3) is 0.524. The Kier molecular flexibility index (Phi) is 6.37. The minimum atomic E-state index is 0.0378. The van der Waals surface area contributed by atoms with Crippen molar-refractivity contribution >= 4 is 11.7 Å². The third kappa shape index (κ3) is 4.81. The van der Waals surface area contributed by atoms with Crippen LogP contribution in [0.25, 0.3) is 0 Å². The van der Waals surface area contributed by atoms with E-state index < -0.39 is 0 Å². The highest BCUT2D eigenvalue weighted by Gasteiger charge is 2.27. The van der Waals surface area contributed by atoms with Crippen LogP contribution in [0, 0.1) is 6.92 Å². The Balaban J connectivity index is 1.74. The van der Waals surface area contributed by atoms with Crippen LogP contribution >= 0.6 is 0 Å². The Hall–Kier alpha value is -2.50. The number of rotatable bonds is 6. The molecule has 1 saturated heterocycles. The molecule has 6 heteroatoms. The lowest BCUT2D eigenvalue weighted by molar-refractivity contribution is 0.0601. The summed E-state index contributed by atoms with van der Waals surface area (Å²) in [5.41, 5.74) is 1.74. The van der Waals surface area contributed by atoms with Crippen LogP contribution in [-0.4, -0.2) is 51.9 Å². The highest BCUT2D eigenvalue weighted by molar-refractivity contribution is 5.93. The molecule has 0 aromatic carbocycles. The van der Waals surface area contributed by atoms with Crippen molar-refractivity contribution < 1.29 is 4.79 Å². The Labute approximate surface area is 161 Å². The van der Waals surface area contributed by atoms with Crippen molar-refractivity contribution in [1.82, 2.24) is 19.9 Å². The first-order valence-corrected chi connectivity index (χ1v) is 9.85. The SMILES string of the molecule is CCC1CCCCN1C(=O)c1cc(N(C)CCc2ccncc2)nc(C)n1. The van der Waals surface area contributed by atoms with Gasteiger partial charge in [-0.05, 0) is 56.7 Å². The highest BCUT2D eigenvalue weighted by atomic mass is 16.2. The molecule has 0 spiro atoms. The molecule has 1 fully saturated rings. The molecule has 0 bridgehead atoms. The fourth-order valence-corrected chi connectivity index (χ4v) is 3.66. The number of hydrogen-bond donors (Lipinski definition) is 0. The summed E-state index contributed by atoms with van der Waals surface area (Å²) in [5, 5.41) is 0. The van der Waals surface area contributed by atoms with Crippen LogP contribution in [0.3, 0.4) is 0 Å². The van der Waals surface area contributed by atoms with Crippen molar-refractivity contribution in [3.8, 4) is 0 Å². The summed E-state index contributed by atoms with van der Waals surface area (Å²) in [6, 6.07) is 6.21. The Morgan fingerprint density at radius 1 is 1.26 bits per heavy atom. The Morgan fingerprint density at radius 2 is 2.04 bits per heavy atom. The predicted molar refractivity (Wildman–Crippen MR) is 107 cm³/mol. The number of piperidine rings is 1. The third-order valence-corrected chi connectivity index (χ3v) is 5.28. The molecule has 1 unspecified atom stereocenters. The minimum Gasteiger partial charge on any atom is -0.359 e. The van der Waals surface area contributed by atoms with Gasteiger partial charge in [0.2, 0.25) is 0 Å². The van der Waals surface area contributed by atoms with E-state index in [1.54, 1.807) is 0 Å². The summed E-state index contributed by atoms with van der Waals surface area (Å²) in [4.78, 5) is 30.2. The molecule has 1 aliphatic rings. The molecule has 27 heavy (non-hydrogen) atoms. The molecule has 2 aromatic rings. The Morgan fingerprint density at radius 3 is 2.78 bits per heavy atom. The van der Waals surface area contributed by atoms with E-state index in [1.807, 2.05) is 49.5 Å². The first-order valence-electron chi connectivity index (χ1n) is 9.85. The fourth-order valence-electron chi connectivity index (χ4n) is 3.66. The van der Waals surface area contributed by atoms with Crippen LogP contribution in [0.15, 0.2) is 30.6 Å². The van der Waals surface area contributed by atoms with Crippen molar-refractivity contribution in [1.29, 1.82) is 0 Å². The van der Waals surface area contributed by atoms with Gasteiger partial charge in [0.15, 0.2) is 0 Å². The number of aromatic nitrogens is 3. The lowest BCUT2D eigenvalue weighted by Gasteiger charge is -2.35. The number of amides is 1. The number of nitrogens with zero attached hydrogens (tertiary/aromatic N) is 5. The monoisotopic (exact) mass is 367 g/mol. The van der Waals surface area contributed by atoms with Crippen LogP contribution in [0.4, 0.5) is 5.82 Å². The maximum Gasteiger partial charge on any atom is 0.272 e. The van der Waals surface area contributed by atoms with E-state index in [0.29, 0.717) is 17.6 Å². The van der Waals surface area contributed by atoms with Gasteiger partial charge in [-0.25, -0.2) is 9.97 Å². The van der Waals surface area contributed by atoms with E-state index in [-0.39, 0.29) is 5.91 Å². The van der Waals surface area contributed by atoms with Gasteiger partial charge in [0.05, 0.1) is 0 Å². The normalized spacial score (nSPS) is 17.0. The second-order valence-electron chi connectivity index (χ2n) is 7.24. The number of carbonyl (C=O) groups excluding carboxylic acids is 1. The second kappa shape index (κ2) is 8.93. The molecule has 0 aliphatic carbocycles. The molecule has 6 nitrogen and oxygen atoms in total. The summed E-state index contributed by atoms with van der Waals surface area (Å²) in [5.74, 6) is 1.47. The molecule has 2 aromatic heterocycles. The number of likely N-dealkylation sites (tertiary alicyclic amines) is 1. The average molecular weight is 367 g/mol. The van der Waals surface area contributed by atoms with Crippen molar-refractivity contribution in [2.24, 2.45) is 0 Å². The van der Waals surface area contributed by atoms with Gasteiger partial charge in [-0.3, -0.25) is 9.78 Å². The molecule has 3 heterocycles. The number of aryl methyl sites for hydroxylation is 1. The number of anilines is 1. The van der Waals surface area contributed by atoms with Gasteiger partial charge in [0.1, 0.15) is 17.3 Å². The maximum atomic E-state index is 13.1. The average Bonchev–Trinajstić information content (AvgIpc) is 2.71. The van der Waals surface area contributed by atoms with Crippen molar-refractivity contribution in [2.75, 3.05) is 25.0 Å². The van der Waals surface area contributed by atoms with E-state index in [0.717, 1.165) is 44.6 Å². The molecular weight excluding hydrogens is 338 g/mol. The molecule has 0 N–H and O–H groups in total. The molecule has 1 atom stereocenters. The van der Waals surface area contributed by atoms with Crippen molar-refractivity contribution in [2.45, 2.75) is 52.0 Å². The summed E-state index contributed by atoms with van der Waals surface area (Å²) < 4.78 is 0. The van der Waals surface area contributed by atoms with Gasteiger partial charge < -0.3 is 9.80 Å². The van der Waals surface area contributed by atoms with Gasteiger partial charge >= 0.3 is 0 Å².